The molecule has 6 N–H and O–H groups in total. The third-order valence-electron chi connectivity index (χ3n) is 7.63. The molecule has 49 heavy (non-hydrogen) atoms. The van der Waals surface area contributed by atoms with Crippen molar-refractivity contribution < 1.29 is 47.8 Å². The highest BCUT2D eigenvalue weighted by Crippen LogP contribution is 2.61. The molecule has 4 rings (SSSR count). The van der Waals surface area contributed by atoms with Crippen LogP contribution in [0.5, 0.6) is 11.5 Å². The predicted octanol–water partition coefficient (Wildman–Crippen LogP) is 5.14. The van der Waals surface area contributed by atoms with Crippen LogP contribution in [-0.4, -0.2) is 78.0 Å². The van der Waals surface area contributed by atoms with E-state index in [1.807, 2.05) is 0 Å². The van der Waals surface area contributed by atoms with Crippen molar-refractivity contribution in [3.8, 4) is 22.8 Å². The van der Waals surface area contributed by atoms with Gasteiger partial charge >= 0.3 is 21.2 Å². The lowest BCUT2D eigenvalue weighted by molar-refractivity contribution is -0.134. The van der Waals surface area contributed by atoms with E-state index in [1.54, 1.807) is 24.3 Å². The smallest absolute Gasteiger partial charge is 0.341 e. The third kappa shape index (κ3) is 11.4. The normalized spacial score (nSPS) is 14.3. The molecule has 2 heterocycles. The van der Waals surface area contributed by atoms with Crippen LogP contribution in [-0.2, 0) is 18.7 Å². The second kappa shape index (κ2) is 16.8. The number of carbonyl (C=O) groups excluding carboxylic acids is 2. The Balaban J connectivity index is 1.54. The number of ether oxygens (including phenoxy) is 2. The second-order valence-electron chi connectivity index (χ2n) is 11.5. The van der Waals surface area contributed by atoms with Crippen LogP contribution < -0.4 is 20.1 Å². The number of likely N-dealkylation sites (tertiary alicyclic amines) is 1. The molecule has 0 bridgehead atoms. The van der Waals surface area contributed by atoms with Gasteiger partial charge in [-0.25, -0.2) is 9.97 Å². The summed E-state index contributed by atoms with van der Waals surface area (Å²) >= 11 is 6.41. The van der Waals surface area contributed by atoms with Gasteiger partial charge in [-0.15, -0.1) is 0 Å². The molecule has 1 amide bonds. The number of hydrogen-bond donors (Lipinski definition) is 6. The molecule has 3 aromatic rings. The van der Waals surface area contributed by atoms with Crippen LogP contribution in [0.25, 0.3) is 11.3 Å². The number of nitrogens with one attached hydrogen (secondary N) is 2. The summed E-state index contributed by atoms with van der Waals surface area (Å²) in [6.45, 7) is 8.66. The standard InChI is InChI=1S/C31H38ClN5O10P2/c1-3-27(38)34-22-7-4-6-21(16-22)30-24(32)19-33-31(36-30)35-23-8-9-25(47-28(39)18-29(48(40,41)42)49(43,44)45)26(17-23)46-15-5-12-37-13-10-20(2)11-14-37/h3-4,6-9,16-17,19-20,29H,1,5,10-15,18H2,2H3,(H,34,38)(H,33,35,36)(H2,40,41,42)(H2,43,44,45). The number of nitrogens with zero attached hydrogens (tertiary/aromatic N) is 3. The lowest BCUT2D eigenvalue weighted by Crippen LogP contribution is -2.34. The molecule has 1 aliphatic rings. The SMILES string of the molecule is C=CC(=O)Nc1cccc(-c2nc(Nc3ccc(OC(=O)CC(P(=O)(O)O)P(=O)(O)O)c(OCCCN4CCC(C)CC4)c3)ncc2Cl)c1. The quantitative estimate of drug-likeness (QED) is 0.0391. The van der Waals surface area contributed by atoms with E-state index in [9.17, 15) is 38.3 Å². The van der Waals surface area contributed by atoms with Crippen LogP contribution in [0, 0.1) is 5.92 Å². The molecule has 1 fully saturated rings. The summed E-state index contributed by atoms with van der Waals surface area (Å²) in [7, 11) is -10.7. The number of rotatable bonds is 15. The number of piperidine rings is 1. The Kier molecular flexibility index (Phi) is 13.1. The maximum absolute atomic E-state index is 12.7. The number of anilines is 3. The fourth-order valence-corrected chi connectivity index (χ4v) is 7.52. The van der Waals surface area contributed by atoms with Gasteiger partial charge in [0.2, 0.25) is 11.9 Å². The van der Waals surface area contributed by atoms with Gasteiger partial charge in [-0.2, -0.15) is 0 Å². The highest BCUT2D eigenvalue weighted by Gasteiger charge is 2.45. The minimum Gasteiger partial charge on any atom is -0.490 e. The highest BCUT2D eigenvalue weighted by atomic mass is 35.5. The maximum Gasteiger partial charge on any atom is 0.341 e. The first-order valence-corrected chi connectivity index (χ1v) is 19.0. The molecule has 0 aliphatic carbocycles. The van der Waals surface area contributed by atoms with E-state index in [2.05, 4.69) is 39.0 Å². The van der Waals surface area contributed by atoms with Crippen molar-refractivity contribution in [3.63, 3.8) is 0 Å². The van der Waals surface area contributed by atoms with Crippen molar-refractivity contribution in [2.45, 2.75) is 38.0 Å². The molecule has 0 unspecified atom stereocenters. The van der Waals surface area contributed by atoms with Gasteiger partial charge in [-0.3, -0.25) is 18.7 Å². The zero-order valence-electron chi connectivity index (χ0n) is 26.6. The molecule has 1 aliphatic heterocycles. The van der Waals surface area contributed by atoms with E-state index >= 15 is 0 Å². The van der Waals surface area contributed by atoms with Crippen LogP contribution >= 0.6 is 26.8 Å². The van der Waals surface area contributed by atoms with E-state index in [4.69, 9.17) is 21.1 Å². The summed E-state index contributed by atoms with van der Waals surface area (Å²) < 4.78 is 34.7. The Morgan fingerprint density at radius 3 is 2.47 bits per heavy atom. The highest BCUT2D eigenvalue weighted by molar-refractivity contribution is 7.70. The molecule has 1 aromatic heterocycles. The van der Waals surface area contributed by atoms with Gasteiger partial charge in [0.1, 0.15) is 0 Å². The van der Waals surface area contributed by atoms with Gasteiger partial charge in [-0.05, 0) is 68.6 Å². The van der Waals surface area contributed by atoms with Crippen LogP contribution in [0.1, 0.15) is 32.6 Å². The van der Waals surface area contributed by atoms with Crippen molar-refractivity contribution in [1.82, 2.24) is 14.9 Å². The average molecular weight is 738 g/mol. The van der Waals surface area contributed by atoms with E-state index in [0.717, 1.165) is 38.6 Å². The van der Waals surface area contributed by atoms with Gasteiger partial charge in [0.25, 0.3) is 0 Å². The fourth-order valence-electron chi connectivity index (χ4n) is 4.98. The Morgan fingerprint density at radius 1 is 1.08 bits per heavy atom. The van der Waals surface area contributed by atoms with Crippen molar-refractivity contribution in [3.05, 3.63) is 66.3 Å². The molecule has 0 radical (unpaired) electrons. The molecular weight excluding hydrogens is 700 g/mol. The number of hydrogen-bond acceptors (Lipinski definition) is 10. The van der Waals surface area contributed by atoms with Gasteiger partial charge in [-0.1, -0.05) is 37.2 Å². The zero-order chi connectivity index (χ0) is 35.8. The monoisotopic (exact) mass is 737 g/mol. The van der Waals surface area contributed by atoms with Crippen molar-refractivity contribution in [2.75, 3.05) is 36.9 Å². The lowest BCUT2D eigenvalue weighted by Gasteiger charge is -2.30. The Hall–Kier alpha value is -3.65. The summed E-state index contributed by atoms with van der Waals surface area (Å²) in [4.78, 5) is 73.2. The van der Waals surface area contributed by atoms with Gasteiger partial charge in [0, 0.05) is 29.5 Å². The molecule has 2 aromatic carbocycles. The van der Waals surface area contributed by atoms with E-state index < -0.39 is 33.0 Å². The summed E-state index contributed by atoms with van der Waals surface area (Å²) in [5.41, 5.74) is 1.87. The molecule has 15 nitrogen and oxygen atoms in total. The first kappa shape index (κ1) is 38.2. The minimum atomic E-state index is -5.35. The topological polar surface area (TPSA) is 221 Å². The molecule has 0 atom stereocenters. The van der Waals surface area contributed by atoms with Gasteiger partial charge in [0.05, 0.1) is 29.9 Å². The maximum atomic E-state index is 12.7. The molecule has 18 heteroatoms. The number of carbonyl (C=O) groups is 2. The van der Waals surface area contributed by atoms with Gasteiger partial charge < -0.3 is 44.6 Å². The fraction of sp³-hybridized carbons (Fsp3) is 0.355. The molecule has 264 valence electrons. The van der Waals surface area contributed by atoms with E-state index in [0.29, 0.717) is 35.0 Å². The van der Waals surface area contributed by atoms with Crippen molar-refractivity contribution >= 4 is 56.0 Å². The van der Waals surface area contributed by atoms with Crippen LogP contribution in [0.4, 0.5) is 17.3 Å². The summed E-state index contributed by atoms with van der Waals surface area (Å²) in [5, 5.41) is 3.41. The lowest BCUT2D eigenvalue weighted by atomic mass is 9.99. The minimum absolute atomic E-state index is 0.0781. The van der Waals surface area contributed by atoms with Crippen LogP contribution in [0.2, 0.25) is 5.02 Å². The van der Waals surface area contributed by atoms with E-state index in [1.165, 1.54) is 24.4 Å². The zero-order valence-corrected chi connectivity index (χ0v) is 29.1. The molecule has 0 spiro atoms. The molecular formula is C31H38ClN5O10P2. The molecule has 1 saturated heterocycles. The molecule has 0 saturated carbocycles. The number of amides is 1. The Morgan fingerprint density at radius 2 is 1.80 bits per heavy atom. The summed E-state index contributed by atoms with van der Waals surface area (Å²) in [6.07, 6.45) is 4.19. The Bertz CT molecular complexity index is 1740. The second-order valence-corrected chi connectivity index (χ2v) is 15.9. The summed E-state index contributed by atoms with van der Waals surface area (Å²) in [5.74, 6) is -0.887. The number of halogens is 1. The number of esters is 1. The van der Waals surface area contributed by atoms with Crippen LogP contribution in [0.15, 0.2) is 61.3 Å². The number of aromatic nitrogens is 2. The first-order valence-electron chi connectivity index (χ1n) is 15.3. The van der Waals surface area contributed by atoms with Crippen molar-refractivity contribution in [1.29, 1.82) is 0 Å². The average Bonchev–Trinajstić information content (AvgIpc) is 3.03. The summed E-state index contributed by atoms with van der Waals surface area (Å²) in [6, 6.07) is 11.2. The predicted molar refractivity (Wildman–Crippen MR) is 184 cm³/mol. The van der Waals surface area contributed by atoms with Crippen LogP contribution in [0.3, 0.4) is 0 Å². The number of benzene rings is 2. The van der Waals surface area contributed by atoms with E-state index in [-0.39, 0.29) is 35.0 Å². The first-order chi connectivity index (χ1) is 23.1. The van der Waals surface area contributed by atoms with Gasteiger partial charge in [0.15, 0.2) is 16.9 Å². The largest absolute Gasteiger partial charge is 0.490 e. The Labute approximate surface area is 288 Å². The third-order valence-corrected chi connectivity index (χ3v) is 11.6. The van der Waals surface area contributed by atoms with Crippen molar-refractivity contribution in [2.24, 2.45) is 5.92 Å².